The van der Waals surface area contributed by atoms with Gasteiger partial charge >= 0.3 is 6.09 Å². The molecule has 4 rings (SSSR count). The molecule has 3 aliphatic rings. The lowest BCUT2D eigenvalue weighted by atomic mass is 9.86. The molecule has 1 saturated heterocycles. The molecular formula is C19H27N3O5S. The normalized spacial score (nSPS) is 34.7. The first-order valence-corrected chi connectivity index (χ1v) is 11.7. The second-order valence-corrected chi connectivity index (χ2v) is 10.5. The van der Waals surface area contributed by atoms with Crippen molar-refractivity contribution >= 4 is 15.9 Å². The minimum atomic E-state index is -3.27. The number of carbonyl (C=O) groups is 1. The van der Waals surface area contributed by atoms with E-state index in [1.54, 1.807) is 12.4 Å². The smallest absolute Gasteiger partial charge is 0.409 e. The Labute approximate surface area is 165 Å². The Morgan fingerprint density at radius 1 is 1.32 bits per heavy atom. The Morgan fingerprint density at radius 2 is 2.07 bits per heavy atom. The molecule has 5 atom stereocenters. The summed E-state index contributed by atoms with van der Waals surface area (Å²) in [6.45, 7) is 0.596. The van der Waals surface area contributed by atoms with Crippen LogP contribution in [0.3, 0.4) is 0 Å². The van der Waals surface area contributed by atoms with Crippen molar-refractivity contribution in [2.75, 3.05) is 26.5 Å². The van der Waals surface area contributed by atoms with E-state index in [9.17, 15) is 13.2 Å². The number of sulfone groups is 1. The molecule has 0 N–H and O–H groups in total. The van der Waals surface area contributed by atoms with Crippen LogP contribution in [-0.4, -0.2) is 73.3 Å². The van der Waals surface area contributed by atoms with Crippen molar-refractivity contribution in [3.05, 3.63) is 24.3 Å². The van der Waals surface area contributed by atoms with Gasteiger partial charge in [0, 0.05) is 30.6 Å². The first-order chi connectivity index (χ1) is 13.3. The van der Waals surface area contributed by atoms with Gasteiger partial charge in [0.15, 0.2) is 9.84 Å². The summed E-state index contributed by atoms with van der Waals surface area (Å²) in [7, 11) is -1.96. The molecule has 2 saturated carbocycles. The van der Waals surface area contributed by atoms with Gasteiger partial charge in [-0.2, -0.15) is 0 Å². The fourth-order valence-electron chi connectivity index (χ4n) is 5.04. The van der Waals surface area contributed by atoms with Crippen LogP contribution in [-0.2, 0) is 24.7 Å². The number of aromatic nitrogens is 2. The fraction of sp³-hybridized carbons (Fsp3) is 0.737. The van der Waals surface area contributed by atoms with E-state index >= 15 is 0 Å². The highest BCUT2D eigenvalue weighted by molar-refractivity contribution is 7.91. The Morgan fingerprint density at radius 3 is 2.71 bits per heavy atom. The summed E-state index contributed by atoms with van der Waals surface area (Å²) < 4.78 is 35.3. The first kappa shape index (κ1) is 19.6. The van der Waals surface area contributed by atoms with Crippen LogP contribution in [0.2, 0.25) is 0 Å². The number of rotatable bonds is 5. The molecule has 0 aromatic carbocycles. The predicted molar refractivity (Wildman–Crippen MR) is 102 cm³/mol. The zero-order valence-electron chi connectivity index (χ0n) is 16.3. The van der Waals surface area contributed by atoms with Crippen molar-refractivity contribution < 1.29 is 22.7 Å². The number of hydrogen-bond acceptors (Lipinski definition) is 7. The van der Waals surface area contributed by atoms with Gasteiger partial charge in [-0.15, -0.1) is 0 Å². The van der Waals surface area contributed by atoms with Crippen molar-refractivity contribution in [3.8, 4) is 0 Å². The van der Waals surface area contributed by atoms with Crippen LogP contribution in [0.1, 0.15) is 37.9 Å². The van der Waals surface area contributed by atoms with Crippen LogP contribution < -0.4 is 0 Å². The SMILES string of the molecule is COC(=O)N1CC[C@H](S(C)(=O)=O)[C@H]1CO[C@@H]1CC[C@]2(c3ncccn3)C[C@@H]2C1. The molecule has 1 aliphatic heterocycles. The van der Waals surface area contributed by atoms with Crippen molar-refractivity contribution in [1.29, 1.82) is 0 Å². The summed E-state index contributed by atoms with van der Waals surface area (Å²) in [6, 6.07) is 1.34. The number of fused-ring (bicyclic) bond motifs is 1. The van der Waals surface area contributed by atoms with E-state index in [1.165, 1.54) is 18.3 Å². The molecule has 1 aromatic rings. The number of likely N-dealkylation sites (tertiary alicyclic amines) is 1. The molecule has 0 bridgehead atoms. The monoisotopic (exact) mass is 409 g/mol. The van der Waals surface area contributed by atoms with Gasteiger partial charge in [0.25, 0.3) is 0 Å². The Kier molecular flexibility index (Phi) is 5.07. The van der Waals surface area contributed by atoms with Gasteiger partial charge in [-0.1, -0.05) is 0 Å². The van der Waals surface area contributed by atoms with Gasteiger partial charge in [0.2, 0.25) is 0 Å². The molecule has 1 aromatic heterocycles. The molecular weight excluding hydrogens is 382 g/mol. The number of ether oxygens (including phenoxy) is 2. The second kappa shape index (κ2) is 7.26. The topological polar surface area (TPSA) is 98.7 Å². The molecule has 154 valence electrons. The van der Waals surface area contributed by atoms with Crippen molar-refractivity contribution in [2.45, 2.75) is 54.9 Å². The molecule has 0 spiro atoms. The highest BCUT2D eigenvalue weighted by Gasteiger charge is 2.60. The summed E-state index contributed by atoms with van der Waals surface area (Å²) >= 11 is 0. The van der Waals surface area contributed by atoms with Gasteiger partial charge in [0.1, 0.15) is 5.82 Å². The van der Waals surface area contributed by atoms with E-state index in [1.807, 2.05) is 6.07 Å². The van der Waals surface area contributed by atoms with Crippen molar-refractivity contribution in [1.82, 2.24) is 14.9 Å². The average molecular weight is 410 g/mol. The van der Waals surface area contributed by atoms with Crippen LogP contribution in [0, 0.1) is 5.92 Å². The van der Waals surface area contributed by atoms with Gasteiger partial charge in [0.05, 0.1) is 31.1 Å². The van der Waals surface area contributed by atoms with Crippen LogP contribution >= 0.6 is 0 Å². The highest BCUT2D eigenvalue weighted by Crippen LogP contribution is 2.61. The van der Waals surface area contributed by atoms with Gasteiger partial charge in [-0.05, 0) is 44.1 Å². The maximum Gasteiger partial charge on any atom is 0.409 e. The molecule has 8 nitrogen and oxygen atoms in total. The standard InChI is InChI=1S/C19H27N3O5S/c1-26-18(23)22-9-5-16(28(2,24)25)15(22)12-27-14-4-6-19(11-13(19)10-14)17-20-7-3-8-21-17/h3,7-8,13-16H,4-6,9-12H2,1-2H3/t13-,14+,15+,16-,19-/m0/s1. The minimum Gasteiger partial charge on any atom is -0.453 e. The molecule has 2 aliphatic carbocycles. The number of nitrogens with zero attached hydrogens (tertiary/aromatic N) is 3. The number of amides is 1. The zero-order chi connectivity index (χ0) is 19.9. The third-order valence-corrected chi connectivity index (χ3v) is 8.30. The van der Waals surface area contributed by atoms with Crippen LogP contribution in [0.15, 0.2) is 18.5 Å². The zero-order valence-corrected chi connectivity index (χ0v) is 17.1. The Bertz CT molecular complexity index is 833. The third-order valence-electron chi connectivity index (χ3n) is 6.65. The van der Waals surface area contributed by atoms with E-state index in [2.05, 4.69) is 9.97 Å². The summed E-state index contributed by atoms with van der Waals surface area (Å²) in [5.41, 5.74) is 0.0990. The lowest BCUT2D eigenvalue weighted by Gasteiger charge is -2.31. The largest absolute Gasteiger partial charge is 0.453 e. The molecule has 0 unspecified atom stereocenters. The summed E-state index contributed by atoms with van der Waals surface area (Å²) in [6.07, 6.45) is 8.69. The molecule has 1 amide bonds. The Hall–Kier alpha value is -1.74. The second-order valence-electron chi connectivity index (χ2n) is 8.25. The van der Waals surface area contributed by atoms with E-state index < -0.39 is 27.2 Å². The maximum atomic E-state index is 12.2. The van der Waals surface area contributed by atoms with E-state index in [4.69, 9.17) is 9.47 Å². The van der Waals surface area contributed by atoms with Gasteiger partial charge in [-0.3, -0.25) is 0 Å². The maximum absolute atomic E-state index is 12.2. The molecule has 0 radical (unpaired) electrons. The quantitative estimate of drug-likeness (QED) is 0.728. The number of methoxy groups -OCH3 is 1. The van der Waals surface area contributed by atoms with Crippen LogP contribution in [0.25, 0.3) is 0 Å². The van der Waals surface area contributed by atoms with Crippen LogP contribution in [0.5, 0.6) is 0 Å². The van der Waals surface area contributed by atoms with Crippen LogP contribution in [0.4, 0.5) is 4.79 Å². The lowest BCUT2D eigenvalue weighted by Crippen LogP contribution is -2.45. The predicted octanol–water partition coefficient (Wildman–Crippen LogP) is 1.56. The molecule has 28 heavy (non-hydrogen) atoms. The molecule has 3 fully saturated rings. The van der Waals surface area contributed by atoms with Gasteiger partial charge in [-0.25, -0.2) is 23.2 Å². The minimum absolute atomic E-state index is 0.0737. The van der Waals surface area contributed by atoms with E-state index in [0.29, 0.717) is 18.9 Å². The summed E-state index contributed by atoms with van der Waals surface area (Å²) in [5.74, 6) is 1.45. The summed E-state index contributed by atoms with van der Waals surface area (Å²) in [4.78, 5) is 22.4. The molecule has 9 heteroatoms. The first-order valence-electron chi connectivity index (χ1n) is 9.78. The fourth-order valence-corrected chi connectivity index (χ4v) is 6.37. The Balaban J connectivity index is 1.38. The number of hydrogen-bond donors (Lipinski definition) is 0. The lowest BCUT2D eigenvalue weighted by molar-refractivity contribution is -0.00369. The average Bonchev–Trinajstić information content (AvgIpc) is 3.26. The molecule has 2 heterocycles. The van der Waals surface area contributed by atoms with Gasteiger partial charge < -0.3 is 14.4 Å². The van der Waals surface area contributed by atoms with E-state index in [-0.39, 0.29) is 18.1 Å². The van der Waals surface area contributed by atoms with Crippen molar-refractivity contribution in [2.24, 2.45) is 5.92 Å². The summed E-state index contributed by atoms with van der Waals surface area (Å²) in [5, 5.41) is -0.604. The third kappa shape index (κ3) is 3.50. The highest BCUT2D eigenvalue weighted by atomic mass is 32.2. The number of carbonyl (C=O) groups excluding carboxylic acids is 1. The van der Waals surface area contributed by atoms with Crippen molar-refractivity contribution in [3.63, 3.8) is 0 Å². The van der Waals surface area contributed by atoms with E-state index in [0.717, 1.165) is 31.5 Å².